The number of methoxy groups -OCH3 is 1. The van der Waals surface area contributed by atoms with Crippen LogP contribution in [0.3, 0.4) is 0 Å². The van der Waals surface area contributed by atoms with Crippen molar-refractivity contribution in [3.05, 3.63) is 96.1 Å². The molecule has 0 fully saturated rings. The molecule has 1 aliphatic rings. The van der Waals surface area contributed by atoms with Crippen LogP contribution in [-0.4, -0.2) is 28.9 Å². The summed E-state index contributed by atoms with van der Waals surface area (Å²) in [6, 6.07) is 20.4. The second-order valence-electron chi connectivity index (χ2n) is 8.86. The Labute approximate surface area is 205 Å². The first-order chi connectivity index (χ1) is 17.4. The number of hydrogen-bond donors (Lipinski definition) is 2. The number of halogens is 1. The fraction of sp³-hybridized carbons (Fsp3) is 0.107. The van der Waals surface area contributed by atoms with Gasteiger partial charge in [-0.3, -0.25) is 14.5 Å². The summed E-state index contributed by atoms with van der Waals surface area (Å²) in [6.07, 6.45) is 1.62. The van der Waals surface area contributed by atoms with E-state index in [0.29, 0.717) is 22.7 Å². The van der Waals surface area contributed by atoms with Crippen molar-refractivity contribution in [2.45, 2.75) is 12.5 Å². The average molecular weight is 480 g/mol. The number of hydrogen-bond acceptors (Lipinski definition) is 4. The number of ether oxygens (including phenoxy) is 1. The van der Waals surface area contributed by atoms with Gasteiger partial charge < -0.3 is 15.0 Å². The summed E-state index contributed by atoms with van der Waals surface area (Å²) < 4.78 is 19.0. The number of nitrogens with one attached hydrogen (secondary N) is 2. The lowest BCUT2D eigenvalue weighted by atomic mass is 9.93. The minimum Gasteiger partial charge on any atom is -0.497 e. The number of fused-ring (bicyclic) bond motifs is 4. The van der Waals surface area contributed by atoms with Crippen molar-refractivity contribution < 1.29 is 18.7 Å². The highest BCUT2D eigenvalue weighted by Crippen LogP contribution is 2.45. The lowest BCUT2D eigenvalue weighted by molar-refractivity contribution is -0.122. The van der Waals surface area contributed by atoms with Gasteiger partial charge in [0.1, 0.15) is 22.8 Å². The third kappa shape index (κ3) is 3.22. The summed E-state index contributed by atoms with van der Waals surface area (Å²) in [5, 5.41) is 4.76. The van der Waals surface area contributed by atoms with Gasteiger partial charge >= 0.3 is 0 Å². The predicted molar refractivity (Wildman–Crippen MR) is 135 cm³/mol. The third-order valence-electron chi connectivity index (χ3n) is 6.69. The van der Waals surface area contributed by atoms with Gasteiger partial charge in [0.2, 0.25) is 0 Å². The van der Waals surface area contributed by atoms with Gasteiger partial charge in [0.25, 0.3) is 11.8 Å². The van der Waals surface area contributed by atoms with Crippen LogP contribution in [0.15, 0.2) is 79.0 Å². The van der Waals surface area contributed by atoms with Crippen LogP contribution in [0.2, 0.25) is 0 Å². The Morgan fingerprint density at radius 2 is 1.81 bits per heavy atom. The Kier molecular flexibility index (Phi) is 4.79. The second kappa shape index (κ2) is 7.91. The SMILES string of the molecule is COc1ccc2c(c1)N(c1ccc(F)cc1)C(=O)C2(C)NC(=O)c1cc2c(cn1)[nH]c1ccccc12. The van der Waals surface area contributed by atoms with Gasteiger partial charge in [-0.2, -0.15) is 0 Å². The van der Waals surface area contributed by atoms with Crippen LogP contribution < -0.4 is 15.0 Å². The molecular formula is C28H21FN4O3. The molecule has 0 bridgehead atoms. The van der Waals surface area contributed by atoms with Crippen molar-refractivity contribution in [2.75, 3.05) is 12.0 Å². The molecule has 2 amide bonds. The van der Waals surface area contributed by atoms with E-state index in [1.807, 2.05) is 24.3 Å². The Morgan fingerprint density at radius 3 is 2.58 bits per heavy atom. The van der Waals surface area contributed by atoms with E-state index in [0.717, 1.165) is 21.8 Å². The number of carbonyl (C=O) groups excluding carboxylic acids is 2. The fourth-order valence-corrected chi connectivity index (χ4v) is 4.83. The van der Waals surface area contributed by atoms with Crippen LogP contribution in [0, 0.1) is 5.82 Å². The van der Waals surface area contributed by atoms with Gasteiger partial charge in [-0.1, -0.05) is 24.3 Å². The summed E-state index contributed by atoms with van der Waals surface area (Å²) in [5.41, 5.74) is 2.19. The number of pyridine rings is 1. The number of benzene rings is 3. The van der Waals surface area contributed by atoms with Crippen molar-refractivity contribution >= 4 is 45.0 Å². The Bertz CT molecular complexity index is 1680. The van der Waals surface area contributed by atoms with E-state index in [1.54, 1.807) is 37.4 Å². The van der Waals surface area contributed by atoms with Crippen LogP contribution in [0.5, 0.6) is 5.75 Å². The first-order valence-electron chi connectivity index (χ1n) is 11.4. The fourth-order valence-electron chi connectivity index (χ4n) is 4.83. The molecule has 5 aromatic rings. The van der Waals surface area contributed by atoms with E-state index < -0.39 is 17.3 Å². The topological polar surface area (TPSA) is 87.3 Å². The van der Waals surface area contributed by atoms with E-state index >= 15 is 0 Å². The van der Waals surface area contributed by atoms with Crippen LogP contribution in [0.1, 0.15) is 23.0 Å². The molecule has 1 aliphatic heterocycles. The predicted octanol–water partition coefficient (Wildman–Crippen LogP) is 5.19. The number of para-hydroxylation sites is 1. The molecule has 0 saturated heterocycles. The van der Waals surface area contributed by atoms with E-state index in [4.69, 9.17) is 4.74 Å². The number of aromatic nitrogens is 2. The Hall–Kier alpha value is -4.72. The highest BCUT2D eigenvalue weighted by Gasteiger charge is 2.49. The zero-order chi connectivity index (χ0) is 25.0. The maximum atomic E-state index is 13.8. The number of amides is 2. The third-order valence-corrected chi connectivity index (χ3v) is 6.69. The molecule has 1 unspecified atom stereocenters. The van der Waals surface area contributed by atoms with E-state index in [-0.39, 0.29) is 11.6 Å². The summed E-state index contributed by atoms with van der Waals surface area (Å²) in [5.74, 6) is -0.721. The van der Waals surface area contributed by atoms with E-state index in [9.17, 15) is 14.0 Å². The quantitative estimate of drug-likeness (QED) is 0.371. The molecule has 7 nitrogen and oxygen atoms in total. The van der Waals surface area contributed by atoms with Crippen molar-refractivity contribution in [3.63, 3.8) is 0 Å². The molecule has 3 aromatic carbocycles. The number of rotatable bonds is 4. The first-order valence-corrected chi connectivity index (χ1v) is 11.4. The molecule has 0 saturated carbocycles. The number of aromatic amines is 1. The average Bonchev–Trinajstić information content (AvgIpc) is 3.36. The van der Waals surface area contributed by atoms with Crippen LogP contribution >= 0.6 is 0 Å². The largest absolute Gasteiger partial charge is 0.497 e. The maximum absolute atomic E-state index is 13.8. The molecule has 8 heteroatoms. The maximum Gasteiger partial charge on any atom is 0.271 e. The van der Waals surface area contributed by atoms with Crippen molar-refractivity contribution in [3.8, 4) is 5.75 Å². The van der Waals surface area contributed by atoms with Crippen molar-refractivity contribution in [1.82, 2.24) is 15.3 Å². The second-order valence-corrected chi connectivity index (χ2v) is 8.86. The highest BCUT2D eigenvalue weighted by molar-refractivity contribution is 6.15. The summed E-state index contributed by atoms with van der Waals surface area (Å²) in [4.78, 5) is 36.4. The van der Waals surface area contributed by atoms with Gasteiger partial charge in [-0.05, 0) is 49.4 Å². The molecular weight excluding hydrogens is 459 g/mol. The lowest BCUT2D eigenvalue weighted by Gasteiger charge is -2.25. The zero-order valence-corrected chi connectivity index (χ0v) is 19.5. The van der Waals surface area contributed by atoms with Crippen molar-refractivity contribution in [2.24, 2.45) is 0 Å². The monoisotopic (exact) mass is 480 g/mol. The van der Waals surface area contributed by atoms with E-state index in [2.05, 4.69) is 15.3 Å². The molecule has 6 rings (SSSR count). The summed E-state index contributed by atoms with van der Waals surface area (Å²) >= 11 is 0. The molecule has 0 radical (unpaired) electrons. The lowest BCUT2D eigenvalue weighted by Crippen LogP contribution is -2.50. The molecule has 36 heavy (non-hydrogen) atoms. The smallest absolute Gasteiger partial charge is 0.271 e. The number of carbonyl (C=O) groups is 2. The number of H-pyrrole nitrogens is 1. The van der Waals surface area contributed by atoms with Gasteiger partial charge in [-0.25, -0.2) is 9.37 Å². The molecule has 2 N–H and O–H groups in total. The zero-order valence-electron chi connectivity index (χ0n) is 19.5. The normalized spacial score (nSPS) is 17.0. The van der Waals surface area contributed by atoms with E-state index in [1.165, 1.54) is 36.3 Å². The Morgan fingerprint density at radius 1 is 1.03 bits per heavy atom. The van der Waals surface area contributed by atoms with Gasteiger partial charge in [0, 0.05) is 33.6 Å². The molecule has 0 aliphatic carbocycles. The molecule has 1 atom stereocenters. The van der Waals surface area contributed by atoms with Gasteiger partial charge in [0.15, 0.2) is 0 Å². The minimum atomic E-state index is -1.38. The number of anilines is 2. The Balaban J connectivity index is 1.41. The van der Waals surface area contributed by atoms with Gasteiger partial charge in [0.05, 0.1) is 24.5 Å². The summed E-state index contributed by atoms with van der Waals surface area (Å²) in [6.45, 7) is 1.66. The molecule has 2 aromatic heterocycles. The highest BCUT2D eigenvalue weighted by atomic mass is 19.1. The van der Waals surface area contributed by atoms with Crippen LogP contribution in [0.4, 0.5) is 15.8 Å². The minimum absolute atomic E-state index is 0.191. The van der Waals surface area contributed by atoms with Crippen LogP contribution in [-0.2, 0) is 10.3 Å². The first kappa shape index (κ1) is 21.8. The van der Waals surface area contributed by atoms with Gasteiger partial charge in [-0.15, -0.1) is 0 Å². The number of nitrogens with zero attached hydrogens (tertiary/aromatic N) is 2. The molecule has 178 valence electrons. The molecule has 3 heterocycles. The standard InChI is InChI=1S/C28H21FN4O3/c1-28(32-26(34)23-14-20-19-5-3-4-6-22(19)31-24(20)15-30-23)21-12-11-18(36-2)13-25(21)33(27(28)35)17-9-7-16(29)8-10-17/h3-15,31H,1-2H3,(H,32,34). The van der Waals surface area contributed by atoms with Crippen LogP contribution in [0.25, 0.3) is 21.8 Å². The summed E-state index contributed by atoms with van der Waals surface area (Å²) in [7, 11) is 1.54. The molecule has 0 spiro atoms. The van der Waals surface area contributed by atoms with Crippen molar-refractivity contribution in [1.29, 1.82) is 0 Å².